The van der Waals surface area contributed by atoms with Gasteiger partial charge in [-0.1, -0.05) is 27.5 Å². The molecule has 13 heavy (non-hydrogen) atoms. The number of carbonyl (C=O) groups excluding carboxylic acids is 1. The maximum atomic E-state index is 11.1. The van der Waals surface area contributed by atoms with Crippen molar-refractivity contribution in [1.82, 2.24) is 4.98 Å². The van der Waals surface area contributed by atoms with Gasteiger partial charge in [-0.2, -0.15) is 0 Å². The molecule has 0 spiro atoms. The molecule has 0 radical (unpaired) electrons. The average molecular weight is 264 g/mol. The molecule has 1 aromatic heterocycles. The summed E-state index contributed by atoms with van der Waals surface area (Å²) in [5, 5.41) is 3.59. The van der Waals surface area contributed by atoms with Gasteiger partial charge >= 0.3 is 0 Å². The van der Waals surface area contributed by atoms with Crippen molar-refractivity contribution in [3.05, 3.63) is 23.5 Å². The zero-order valence-electron chi connectivity index (χ0n) is 6.76. The van der Waals surface area contributed by atoms with Crippen LogP contribution in [0, 0.1) is 0 Å². The smallest absolute Gasteiger partial charge is 0.225 e. The normalized spacial score (nSPS) is 9.69. The highest BCUT2D eigenvalue weighted by molar-refractivity contribution is 9.09. The Morgan fingerprint density at radius 1 is 1.69 bits per heavy atom. The van der Waals surface area contributed by atoms with E-state index in [0.717, 1.165) is 0 Å². The third kappa shape index (κ3) is 3.32. The van der Waals surface area contributed by atoms with Crippen LogP contribution in [0.1, 0.15) is 6.42 Å². The Morgan fingerprint density at radius 3 is 3.08 bits per heavy atom. The van der Waals surface area contributed by atoms with Crippen LogP contribution >= 0.6 is 27.5 Å². The second-order valence-corrected chi connectivity index (χ2v) is 3.48. The van der Waals surface area contributed by atoms with Crippen LogP contribution in [0.5, 0.6) is 0 Å². The first-order valence-electron chi connectivity index (χ1n) is 3.70. The fraction of sp³-hybridized carbons (Fsp3) is 0.250. The number of alkyl halides is 1. The number of hydrogen-bond donors (Lipinski definition) is 1. The van der Waals surface area contributed by atoms with Crippen molar-refractivity contribution in [3.63, 3.8) is 0 Å². The maximum absolute atomic E-state index is 11.1. The third-order valence-electron chi connectivity index (χ3n) is 1.35. The molecular weight excluding hydrogens is 255 g/mol. The van der Waals surface area contributed by atoms with Crippen LogP contribution in [0.15, 0.2) is 18.3 Å². The van der Waals surface area contributed by atoms with Crippen molar-refractivity contribution in [3.8, 4) is 0 Å². The highest BCUT2D eigenvalue weighted by atomic mass is 79.9. The lowest BCUT2D eigenvalue weighted by Crippen LogP contribution is -2.12. The molecule has 5 heteroatoms. The van der Waals surface area contributed by atoms with E-state index in [1.54, 1.807) is 18.3 Å². The summed E-state index contributed by atoms with van der Waals surface area (Å²) in [5.74, 6) is -0.0771. The van der Waals surface area contributed by atoms with E-state index in [-0.39, 0.29) is 5.91 Å². The van der Waals surface area contributed by atoms with Crippen LogP contribution in [0.4, 0.5) is 5.69 Å². The first-order chi connectivity index (χ1) is 6.24. The fourth-order valence-electron chi connectivity index (χ4n) is 0.778. The summed E-state index contributed by atoms with van der Waals surface area (Å²) in [6, 6.07) is 3.43. The number of halogens is 2. The molecule has 0 saturated carbocycles. The lowest BCUT2D eigenvalue weighted by Gasteiger charge is -2.04. The first-order valence-corrected chi connectivity index (χ1v) is 5.20. The SMILES string of the molecule is O=C(CCBr)Nc1cccnc1Cl. The molecule has 0 fully saturated rings. The zero-order chi connectivity index (χ0) is 9.68. The molecule has 0 atom stereocenters. The van der Waals surface area contributed by atoms with Crippen LogP contribution in [-0.2, 0) is 4.79 Å². The van der Waals surface area contributed by atoms with Gasteiger partial charge in [-0.25, -0.2) is 4.98 Å². The molecule has 1 amide bonds. The average Bonchev–Trinajstić information content (AvgIpc) is 2.09. The molecule has 0 aliphatic heterocycles. The molecular formula is C8H8BrClN2O. The molecule has 3 nitrogen and oxygen atoms in total. The van der Waals surface area contributed by atoms with E-state index in [1.165, 1.54) is 0 Å². The number of pyridine rings is 1. The third-order valence-corrected chi connectivity index (χ3v) is 2.05. The quantitative estimate of drug-likeness (QED) is 0.672. The number of hydrogen-bond acceptors (Lipinski definition) is 2. The van der Waals surface area contributed by atoms with Crippen molar-refractivity contribution in [2.24, 2.45) is 0 Å². The van der Waals surface area contributed by atoms with E-state index in [0.29, 0.717) is 22.6 Å². The van der Waals surface area contributed by atoms with Crippen molar-refractivity contribution in [2.45, 2.75) is 6.42 Å². The molecule has 1 rings (SSSR count). The van der Waals surface area contributed by atoms with Gasteiger partial charge in [-0.3, -0.25) is 4.79 Å². The van der Waals surface area contributed by atoms with Gasteiger partial charge in [0.15, 0.2) is 5.15 Å². The Hall–Kier alpha value is -0.610. The minimum Gasteiger partial charge on any atom is -0.323 e. The van der Waals surface area contributed by atoms with Crippen molar-refractivity contribution < 1.29 is 4.79 Å². The van der Waals surface area contributed by atoms with E-state index in [4.69, 9.17) is 11.6 Å². The number of nitrogens with zero attached hydrogens (tertiary/aromatic N) is 1. The molecule has 0 unspecified atom stereocenters. The molecule has 0 saturated heterocycles. The number of carbonyl (C=O) groups is 1. The molecule has 1 N–H and O–H groups in total. The largest absolute Gasteiger partial charge is 0.323 e. The second kappa shape index (κ2) is 5.19. The van der Waals surface area contributed by atoms with Crippen LogP contribution in [-0.4, -0.2) is 16.2 Å². The molecule has 1 aromatic rings. The van der Waals surface area contributed by atoms with Crippen LogP contribution < -0.4 is 5.32 Å². The standard InChI is InChI=1S/C8H8BrClN2O/c9-4-3-7(13)12-6-2-1-5-11-8(6)10/h1-2,5H,3-4H2,(H,12,13). The minimum atomic E-state index is -0.0771. The van der Waals surface area contributed by atoms with Gasteiger partial charge in [0.25, 0.3) is 0 Å². The number of aromatic nitrogens is 1. The van der Waals surface area contributed by atoms with Gasteiger partial charge in [-0.05, 0) is 12.1 Å². The van der Waals surface area contributed by atoms with Gasteiger partial charge in [0.1, 0.15) is 0 Å². The van der Waals surface area contributed by atoms with Crippen LogP contribution in [0.25, 0.3) is 0 Å². The van der Waals surface area contributed by atoms with E-state index < -0.39 is 0 Å². The monoisotopic (exact) mass is 262 g/mol. The van der Waals surface area contributed by atoms with Gasteiger partial charge < -0.3 is 5.32 Å². The predicted octanol–water partition coefficient (Wildman–Crippen LogP) is 2.46. The van der Waals surface area contributed by atoms with Crippen molar-refractivity contribution >= 4 is 39.1 Å². The minimum absolute atomic E-state index is 0.0771. The van der Waals surface area contributed by atoms with E-state index in [2.05, 4.69) is 26.2 Å². The summed E-state index contributed by atoms with van der Waals surface area (Å²) in [4.78, 5) is 15.0. The summed E-state index contributed by atoms with van der Waals surface area (Å²) >= 11 is 8.90. The van der Waals surface area contributed by atoms with E-state index in [9.17, 15) is 4.79 Å². The topological polar surface area (TPSA) is 42.0 Å². The Balaban J connectivity index is 2.63. The second-order valence-electron chi connectivity index (χ2n) is 2.33. The Bertz CT molecular complexity index is 306. The lowest BCUT2D eigenvalue weighted by molar-refractivity contribution is -0.115. The summed E-state index contributed by atoms with van der Waals surface area (Å²) < 4.78 is 0. The molecule has 0 bridgehead atoms. The summed E-state index contributed by atoms with van der Waals surface area (Å²) in [7, 11) is 0. The Morgan fingerprint density at radius 2 is 2.46 bits per heavy atom. The highest BCUT2D eigenvalue weighted by Crippen LogP contribution is 2.17. The molecule has 0 aromatic carbocycles. The number of rotatable bonds is 3. The summed E-state index contributed by atoms with van der Waals surface area (Å²) in [6.45, 7) is 0. The van der Waals surface area contributed by atoms with Crippen molar-refractivity contribution in [1.29, 1.82) is 0 Å². The Kier molecular flexibility index (Phi) is 4.18. The Labute approximate surface area is 89.6 Å². The summed E-state index contributed by atoms with van der Waals surface area (Å²) in [5.41, 5.74) is 0.551. The molecule has 0 aliphatic rings. The molecule has 70 valence electrons. The number of nitrogens with one attached hydrogen (secondary N) is 1. The predicted molar refractivity (Wildman–Crippen MR) is 56.3 cm³/mol. The van der Waals surface area contributed by atoms with Gasteiger partial charge in [0.2, 0.25) is 5.91 Å². The van der Waals surface area contributed by atoms with Crippen LogP contribution in [0.2, 0.25) is 5.15 Å². The zero-order valence-corrected chi connectivity index (χ0v) is 9.10. The van der Waals surface area contributed by atoms with E-state index in [1.807, 2.05) is 0 Å². The number of anilines is 1. The van der Waals surface area contributed by atoms with Crippen molar-refractivity contribution in [2.75, 3.05) is 10.6 Å². The molecule has 1 heterocycles. The lowest BCUT2D eigenvalue weighted by atomic mass is 10.4. The maximum Gasteiger partial charge on any atom is 0.225 e. The molecule has 0 aliphatic carbocycles. The number of amides is 1. The first kappa shape index (κ1) is 10.5. The van der Waals surface area contributed by atoms with Gasteiger partial charge in [0.05, 0.1) is 5.69 Å². The van der Waals surface area contributed by atoms with Gasteiger partial charge in [-0.15, -0.1) is 0 Å². The van der Waals surface area contributed by atoms with Gasteiger partial charge in [0, 0.05) is 17.9 Å². The fourth-order valence-corrected chi connectivity index (χ4v) is 1.30. The van der Waals surface area contributed by atoms with E-state index >= 15 is 0 Å². The van der Waals surface area contributed by atoms with Crippen LogP contribution in [0.3, 0.4) is 0 Å². The highest BCUT2D eigenvalue weighted by Gasteiger charge is 2.04. The summed E-state index contributed by atoms with van der Waals surface area (Å²) in [6.07, 6.45) is 1.99.